The van der Waals surface area contributed by atoms with E-state index < -0.39 is 17.9 Å². The van der Waals surface area contributed by atoms with Crippen LogP contribution >= 0.6 is 0 Å². The van der Waals surface area contributed by atoms with Crippen molar-refractivity contribution in [3.05, 3.63) is 57.9 Å². The third-order valence-corrected chi connectivity index (χ3v) is 3.84. The summed E-state index contributed by atoms with van der Waals surface area (Å²) < 4.78 is 5.11. The normalized spacial score (nSPS) is 17.2. The zero-order valence-electron chi connectivity index (χ0n) is 13.7. The van der Waals surface area contributed by atoms with Crippen LogP contribution in [-0.2, 0) is 14.3 Å². The Morgan fingerprint density at radius 2 is 1.96 bits per heavy atom. The van der Waals surface area contributed by atoms with Crippen molar-refractivity contribution in [3.63, 3.8) is 0 Å². The lowest BCUT2D eigenvalue weighted by Crippen LogP contribution is -2.31. The van der Waals surface area contributed by atoms with Crippen LogP contribution in [0.5, 0.6) is 0 Å². The highest BCUT2D eigenvalue weighted by molar-refractivity contribution is 5.99. The predicted molar refractivity (Wildman–Crippen MR) is 86.7 cm³/mol. The second-order valence-electron chi connectivity index (χ2n) is 5.40. The van der Waals surface area contributed by atoms with Crippen molar-refractivity contribution in [2.45, 2.75) is 26.7 Å². The topological polar surface area (TPSA) is 99.4 Å². The van der Waals surface area contributed by atoms with Crippen LogP contribution in [-0.4, -0.2) is 23.7 Å². The zero-order valence-corrected chi connectivity index (χ0v) is 13.7. The van der Waals surface area contributed by atoms with Crippen molar-refractivity contribution in [3.8, 4) is 6.07 Å². The first-order valence-electron chi connectivity index (χ1n) is 7.49. The van der Waals surface area contributed by atoms with Crippen LogP contribution in [0.3, 0.4) is 0 Å². The number of carboxylic acids is 1. The maximum absolute atomic E-state index is 12.4. The fourth-order valence-corrected chi connectivity index (χ4v) is 2.88. The summed E-state index contributed by atoms with van der Waals surface area (Å²) in [5.41, 5.74) is 2.28. The molecule has 0 bridgehead atoms. The molecule has 1 unspecified atom stereocenters. The van der Waals surface area contributed by atoms with Crippen LogP contribution in [0.1, 0.15) is 37.8 Å². The molecular formula is C18H18N2O4. The van der Waals surface area contributed by atoms with Gasteiger partial charge >= 0.3 is 11.9 Å². The quantitative estimate of drug-likeness (QED) is 0.825. The average Bonchev–Trinajstić information content (AvgIpc) is 2.53. The minimum atomic E-state index is -1.12. The Labute approximate surface area is 140 Å². The van der Waals surface area contributed by atoms with Gasteiger partial charge in [0, 0.05) is 11.4 Å². The Morgan fingerprint density at radius 1 is 1.29 bits per heavy atom. The van der Waals surface area contributed by atoms with Crippen LogP contribution < -0.4 is 5.32 Å². The summed E-state index contributed by atoms with van der Waals surface area (Å²) in [6.07, 6.45) is 0. The molecule has 0 aromatic heterocycles. The SMILES string of the molecule is CCOC(=O)C1=C(C)NC(C)=C(C(=O)O)C1c1cccc(C#N)c1. The first kappa shape index (κ1) is 17.3. The predicted octanol–water partition coefficient (Wildman–Crippen LogP) is 2.44. The van der Waals surface area contributed by atoms with Crippen molar-refractivity contribution in [1.82, 2.24) is 5.32 Å². The summed E-state index contributed by atoms with van der Waals surface area (Å²) in [5.74, 6) is -2.49. The van der Waals surface area contributed by atoms with Gasteiger partial charge in [-0.1, -0.05) is 12.1 Å². The lowest BCUT2D eigenvalue weighted by Gasteiger charge is -2.29. The second-order valence-corrected chi connectivity index (χ2v) is 5.40. The maximum atomic E-state index is 12.4. The van der Waals surface area contributed by atoms with Gasteiger partial charge in [-0.05, 0) is 38.5 Å². The molecule has 1 atom stereocenters. The second kappa shape index (κ2) is 7.01. The van der Waals surface area contributed by atoms with Gasteiger partial charge in [-0.3, -0.25) is 0 Å². The van der Waals surface area contributed by atoms with E-state index in [1.54, 1.807) is 45.0 Å². The summed E-state index contributed by atoms with van der Waals surface area (Å²) in [5, 5.41) is 21.7. The molecule has 0 fully saturated rings. The van der Waals surface area contributed by atoms with Gasteiger partial charge < -0.3 is 15.2 Å². The average molecular weight is 326 g/mol. The van der Waals surface area contributed by atoms with Gasteiger partial charge in [0.15, 0.2) is 0 Å². The van der Waals surface area contributed by atoms with Crippen LogP contribution in [0.2, 0.25) is 0 Å². The van der Waals surface area contributed by atoms with E-state index in [1.165, 1.54) is 0 Å². The third kappa shape index (κ3) is 3.15. The van der Waals surface area contributed by atoms with E-state index in [4.69, 9.17) is 10.00 Å². The molecule has 0 aliphatic carbocycles. The largest absolute Gasteiger partial charge is 0.478 e. The molecular weight excluding hydrogens is 308 g/mol. The fraction of sp³-hybridized carbons (Fsp3) is 0.278. The van der Waals surface area contributed by atoms with E-state index in [0.717, 1.165) is 0 Å². The van der Waals surface area contributed by atoms with Crippen LogP contribution in [0.25, 0.3) is 0 Å². The number of aliphatic carboxylic acids is 1. The number of nitrogens with zero attached hydrogens (tertiary/aromatic N) is 1. The first-order valence-corrected chi connectivity index (χ1v) is 7.49. The molecule has 24 heavy (non-hydrogen) atoms. The highest BCUT2D eigenvalue weighted by Crippen LogP contribution is 2.38. The van der Waals surface area contributed by atoms with Gasteiger partial charge in [-0.15, -0.1) is 0 Å². The number of allylic oxidation sites excluding steroid dienone is 2. The highest BCUT2D eigenvalue weighted by atomic mass is 16.5. The molecule has 0 amide bonds. The van der Waals surface area contributed by atoms with Crippen molar-refractivity contribution in [2.75, 3.05) is 6.61 Å². The molecule has 1 heterocycles. The number of rotatable bonds is 4. The van der Waals surface area contributed by atoms with Gasteiger partial charge in [-0.25, -0.2) is 9.59 Å². The number of dihydropyridines is 1. The molecule has 1 aromatic carbocycles. The zero-order chi connectivity index (χ0) is 17.9. The van der Waals surface area contributed by atoms with E-state index in [0.29, 0.717) is 22.5 Å². The molecule has 1 aliphatic rings. The van der Waals surface area contributed by atoms with Crippen molar-refractivity contribution < 1.29 is 19.4 Å². The number of hydrogen-bond donors (Lipinski definition) is 2. The van der Waals surface area contributed by atoms with Crippen molar-refractivity contribution in [1.29, 1.82) is 5.26 Å². The Hall–Kier alpha value is -3.07. The molecule has 124 valence electrons. The number of ether oxygens (including phenoxy) is 1. The Balaban J connectivity index is 2.68. The number of nitrogens with one attached hydrogen (secondary N) is 1. The van der Waals surface area contributed by atoms with E-state index in [2.05, 4.69) is 5.32 Å². The van der Waals surface area contributed by atoms with Gasteiger partial charge in [0.1, 0.15) is 0 Å². The summed E-state index contributed by atoms with van der Waals surface area (Å²) in [7, 11) is 0. The summed E-state index contributed by atoms with van der Waals surface area (Å²) in [6.45, 7) is 5.23. The molecule has 1 aromatic rings. The van der Waals surface area contributed by atoms with Crippen LogP contribution in [0.15, 0.2) is 46.8 Å². The standard InChI is InChI=1S/C18H18N2O4/c1-4-24-18(23)15-11(3)20-10(2)14(17(21)22)16(15)13-7-5-6-12(8-13)9-19/h5-8,16,20H,4H2,1-3H3,(H,21,22). The molecule has 2 rings (SSSR count). The third-order valence-electron chi connectivity index (χ3n) is 3.84. The molecule has 1 aliphatic heterocycles. The molecule has 6 heteroatoms. The minimum absolute atomic E-state index is 0.0683. The Morgan fingerprint density at radius 3 is 2.54 bits per heavy atom. The number of carboxylic acid groups (broad SMARTS) is 1. The van der Waals surface area contributed by atoms with Crippen molar-refractivity contribution in [2.24, 2.45) is 0 Å². The maximum Gasteiger partial charge on any atom is 0.336 e. The highest BCUT2D eigenvalue weighted by Gasteiger charge is 2.37. The molecule has 0 saturated carbocycles. The van der Waals surface area contributed by atoms with Crippen LogP contribution in [0.4, 0.5) is 0 Å². The number of benzene rings is 1. The van der Waals surface area contributed by atoms with Gasteiger partial charge in [-0.2, -0.15) is 5.26 Å². The Kier molecular flexibility index (Phi) is 5.05. The fourth-order valence-electron chi connectivity index (χ4n) is 2.88. The van der Waals surface area contributed by atoms with E-state index >= 15 is 0 Å². The summed E-state index contributed by atoms with van der Waals surface area (Å²) in [4.78, 5) is 24.2. The number of carbonyl (C=O) groups is 2. The van der Waals surface area contributed by atoms with Gasteiger partial charge in [0.2, 0.25) is 0 Å². The molecule has 0 saturated heterocycles. The lowest BCUT2D eigenvalue weighted by molar-refractivity contribution is -0.138. The number of carbonyl (C=O) groups excluding carboxylic acids is 1. The first-order chi connectivity index (χ1) is 11.4. The van der Waals surface area contributed by atoms with E-state index in [-0.39, 0.29) is 17.8 Å². The van der Waals surface area contributed by atoms with Crippen molar-refractivity contribution >= 4 is 11.9 Å². The molecule has 6 nitrogen and oxygen atoms in total. The molecule has 0 radical (unpaired) electrons. The minimum Gasteiger partial charge on any atom is -0.478 e. The smallest absolute Gasteiger partial charge is 0.336 e. The summed E-state index contributed by atoms with van der Waals surface area (Å²) in [6, 6.07) is 8.63. The van der Waals surface area contributed by atoms with Gasteiger partial charge in [0.05, 0.1) is 35.3 Å². The molecule has 0 spiro atoms. The van der Waals surface area contributed by atoms with E-state index in [1.807, 2.05) is 6.07 Å². The lowest BCUT2D eigenvalue weighted by atomic mass is 9.80. The van der Waals surface area contributed by atoms with E-state index in [9.17, 15) is 14.7 Å². The van der Waals surface area contributed by atoms with Gasteiger partial charge in [0.25, 0.3) is 0 Å². The van der Waals surface area contributed by atoms with Crippen LogP contribution in [0, 0.1) is 11.3 Å². The number of nitriles is 1. The number of esters is 1. The number of hydrogen-bond acceptors (Lipinski definition) is 5. The monoisotopic (exact) mass is 326 g/mol. The molecule has 2 N–H and O–H groups in total. The summed E-state index contributed by atoms with van der Waals surface area (Å²) >= 11 is 0. The Bertz CT molecular complexity index is 799.